The monoisotopic (exact) mass is 286 g/mol. The number of hydrogen-bond donors (Lipinski definition) is 1. The molecule has 0 radical (unpaired) electrons. The first-order valence-corrected chi connectivity index (χ1v) is 6.72. The van der Waals surface area contributed by atoms with Crippen molar-refractivity contribution in [1.29, 1.82) is 0 Å². The minimum Gasteiger partial charge on any atom is -0.467 e. The molecule has 0 aliphatic rings. The van der Waals surface area contributed by atoms with E-state index < -0.39 is 0 Å². The molecular formula is C15H15FN4O. The molecule has 2 heterocycles. The van der Waals surface area contributed by atoms with Gasteiger partial charge in [0.2, 0.25) is 0 Å². The van der Waals surface area contributed by atoms with Crippen molar-refractivity contribution in [1.82, 2.24) is 14.8 Å². The Bertz CT molecular complexity index is 695. The maximum Gasteiger partial charge on any atom is 0.150 e. The molecule has 21 heavy (non-hydrogen) atoms. The van der Waals surface area contributed by atoms with E-state index in [1.165, 1.54) is 23.4 Å². The van der Waals surface area contributed by atoms with Crippen LogP contribution in [0, 0.1) is 5.82 Å². The average Bonchev–Trinajstić information content (AvgIpc) is 3.18. The Morgan fingerprint density at radius 1 is 1.38 bits per heavy atom. The molecule has 3 aromatic rings. The van der Waals surface area contributed by atoms with Gasteiger partial charge in [-0.25, -0.2) is 14.1 Å². The van der Waals surface area contributed by atoms with Crippen molar-refractivity contribution >= 4 is 5.69 Å². The lowest BCUT2D eigenvalue weighted by molar-refractivity contribution is 0.473. The minimum atomic E-state index is -0.361. The highest BCUT2D eigenvalue weighted by molar-refractivity contribution is 5.50. The number of halogens is 1. The Labute approximate surface area is 121 Å². The van der Waals surface area contributed by atoms with Gasteiger partial charge >= 0.3 is 0 Å². The maximum atomic E-state index is 14.2. The summed E-state index contributed by atoms with van der Waals surface area (Å²) in [6.45, 7) is 2.04. The third kappa shape index (κ3) is 2.79. The molecule has 0 fully saturated rings. The SMILES string of the molecule is CCC(Nc1ccc(-n2cncn2)c(F)c1)c1ccco1. The van der Waals surface area contributed by atoms with Crippen molar-refractivity contribution in [3.8, 4) is 5.69 Å². The van der Waals surface area contributed by atoms with E-state index in [4.69, 9.17) is 4.42 Å². The molecule has 1 N–H and O–H groups in total. The summed E-state index contributed by atoms with van der Waals surface area (Å²) in [5.74, 6) is 0.470. The first-order valence-electron chi connectivity index (χ1n) is 6.72. The fourth-order valence-corrected chi connectivity index (χ4v) is 2.18. The van der Waals surface area contributed by atoms with Crippen LogP contribution >= 0.6 is 0 Å². The summed E-state index contributed by atoms with van der Waals surface area (Å²) in [7, 11) is 0. The lowest BCUT2D eigenvalue weighted by Crippen LogP contribution is -2.09. The fourth-order valence-electron chi connectivity index (χ4n) is 2.18. The number of rotatable bonds is 5. The molecule has 5 nitrogen and oxygen atoms in total. The molecule has 0 saturated heterocycles. The molecule has 3 rings (SSSR count). The van der Waals surface area contributed by atoms with Crippen LogP contribution in [0.15, 0.2) is 53.7 Å². The van der Waals surface area contributed by atoms with Gasteiger partial charge < -0.3 is 9.73 Å². The molecule has 0 amide bonds. The van der Waals surface area contributed by atoms with Crippen LogP contribution in [0.2, 0.25) is 0 Å². The zero-order valence-electron chi connectivity index (χ0n) is 11.5. The third-order valence-electron chi connectivity index (χ3n) is 3.25. The number of nitrogens with zero attached hydrogens (tertiary/aromatic N) is 3. The van der Waals surface area contributed by atoms with Crippen LogP contribution in [-0.4, -0.2) is 14.8 Å². The van der Waals surface area contributed by atoms with Crippen molar-refractivity contribution < 1.29 is 8.81 Å². The van der Waals surface area contributed by atoms with Crippen molar-refractivity contribution in [3.05, 3.63) is 60.8 Å². The van der Waals surface area contributed by atoms with Crippen molar-refractivity contribution in [3.63, 3.8) is 0 Å². The molecule has 0 bridgehead atoms. The van der Waals surface area contributed by atoms with Crippen LogP contribution in [0.25, 0.3) is 5.69 Å². The second-order valence-electron chi connectivity index (χ2n) is 4.63. The van der Waals surface area contributed by atoms with Gasteiger partial charge in [-0.15, -0.1) is 0 Å². The molecule has 1 unspecified atom stereocenters. The highest BCUT2D eigenvalue weighted by atomic mass is 19.1. The van der Waals surface area contributed by atoms with E-state index in [0.29, 0.717) is 11.4 Å². The van der Waals surface area contributed by atoms with E-state index in [1.807, 2.05) is 25.1 Å². The second-order valence-corrected chi connectivity index (χ2v) is 4.63. The molecule has 6 heteroatoms. The van der Waals surface area contributed by atoms with Crippen molar-refractivity contribution in [2.75, 3.05) is 5.32 Å². The summed E-state index contributed by atoms with van der Waals surface area (Å²) in [4.78, 5) is 3.81. The number of anilines is 1. The molecule has 0 aliphatic heterocycles. The van der Waals surface area contributed by atoms with Gasteiger partial charge in [-0.2, -0.15) is 5.10 Å². The predicted octanol–water partition coefficient (Wildman–Crippen LogP) is 3.56. The van der Waals surface area contributed by atoms with E-state index in [1.54, 1.807) is 12.3 Å². The lowest BCUT2D eigenvalue weighted by Gasteiger charge is -2.16. The molecular weight excluding hydrogens is 271 g/mol. The first kappa shape index (κ1) is 13.4. The first-order chi connectivity index (χ1) is 10.3. The Hall–Kier alpha value is -2.63. The van der Waals surface area contributed by atoms with Crippen LogP contribution in [0.3, 0.4) is 0 Å². The molecule has 2 aromatic heterocycles. The van der Waals surface area contributed by atoms with Gasteiger partial charge in [0.05, 0.1) is 12.3 Å². The maximum absolute atomic E-state index is 14.2. The van der Waals surface area contributed by atoms with Gasteiger partial charge in [0.15, 0.2) is 5.82 Å². The Morgan fingerprint density at radius 3 is 2.90 bits per heavy atom. The van der Waals surface area contributed by atoms with Gasteiger partial charge in [-0.1, -0.05) is 6.92 Å². The Kier molecular flexibility index (Phi) is 3.68. The quantitative estimate of drug-likeness (QED) is 0.779. The molecule has 0 saturated carbocycles. The van der Waals surface area contributed by atoms with Crippen molar-refractivity contribution in [2.45, 2.75) is 19.4 Å². The van der Waals surface area contributed by atoms with Gasteiger partial charge in [0.25, 0.3) is 0 Å². The fraction of sp³-hybridized carbons (Fsp3) is 0.200. The van der Waals surface area contributed by atoms with Crippen LogP contribution < -0.4 is 5.32 Å². The Morgan fingerprint density at radius 2 is 2.29 bits per heavy atom. The standard InChI is InChI=1S/C15H15FN4O/c1-2-13(15-4-3-7-21-15)19-11-5-6-14(12(16)8-11)20-10-17-9-18-20/h3-10,13,19H,2H2,1H3. The molecule has 108 valence electrons. The highest BCUT2D eigenvalue weighted by Gasteiger charge is 2.13. The molecule has 1 atom stereocenters. The van der Waals surface area contributed by atoms with E-state index in [-0.39, 0.29) is 11.9 Å². The van der Waals surface area contributed by atoms with E-state index in [0.717, 1.165) is 12.2 Å². The number of furan rings is 1. The minimum absolute atomic E-state index is 0.0108. The predicted molar refractivity (Wildman–Crippen MR) is 76.7 cm³/mol. The van der Waals surface area contributed by atoms with Gasteiger partial charge in [0, 0.05) is 5.69 Å². The molecule has 0 aliphatic carbocycles. The average molecular weight is 286 g/mol. The van der Waals surface area contributed by atoms with Crippen LogP contribution in [0.5, 0.6) is 0 Å². The lowest BCUT2D eigenvalue weighted by atomic mass is 10.1. The number of hydrogen-bond acceptors (Lipinski definition) is 4. The summed E-state index contributed by atoms with van der Waals surface area (Å²) in [5.41, 5.74) is 1.06. The topological polar surface area (TPSA) is 55.9 Å². The summed E-state index contributed by atoms with van der Waals surface area (Å²) >= 11 is 0. The van der Waals surface area contributed by atoms with E-state index in [9.17, 15) is 4.39 Å². The van der Waals surface area contributed by atoms with Crippen LogP contribution in [0.4, 0.5) is 10.1 Å². The van der Waals surface area contributed by atoms with Crippen molar-refractivity contribution in [2.24, 2.45) is 0 Å². The van der Waals surface area contributed by atoms with Crippen LogP contribution in [0.1, 0.15) is 25.1 Å². The Balaban J connectivity index is 1.82. The molecule has 1 aromatic carbocycles. The van der Waals surface area contributed by atoms with E-state index >= 15 is 0 Å². The van der Waals surface area contributed by atoms with Gasteiger partial charge in [-0.3, -0.25) is 0 Å². The van der Waals surface area contributed by atoms with Crippen LogP contribution in [-0.2, 0) is 0 Å². The highest BCUT2D eigenvalue weighted by Crippen LogP contribution is 2.25. The smallest absolute Gasteiger partial charge is 0.150 e. The largest absolute Gasteiger partial charge is 0.467 e. The number of nitrogens with one attached hydrogen (secondary N) is 1. The zero-order valence-corrected chi connectivity index (χ0v) is 11.5. The van der Waals surface area contributed by atoms with Gasteiger partial charge in [-0.05, 0) is 36.8 Å². The zero-order chi connectivity index (χ0) is 14.7. The third-order valence-corrected chi connectivity index (χ3v) is 3.25. The summed E-state index contributed by atoms with van der Waals surface area (Å²) < 4.78 is 20.9. The number of benzene rings is 1. The van der Waals surface area contributed by atoms with E-state index in [2.05, 4.69) is 15.4 Å². The molecule has 0 spiro atoms. The second kappa shape index (κ2) is 5.78. The summed E-state index contributed by atoms with van der Waals surface area (Å²) in [5, 5.41) is 7.19. The normalized spacial score (nSPS) is 12.3. The summed E-state index contributed by atoms with van der Waals surface area (Å²) in [6, 6.07) is 8.68. The summed E-state index contributed by atoms with van der Waals surface area (Å²) in [6.07, 6.45) is 5.30. The number of aromatic nitrogens is 3. The van der Waals surface area contributed by atoms with Gasteiger partial charge in [0.1, 0.15) is 24.1 Å².